The number of hydrazine groups is 1. The number of amides is 2. The van der Waals surface area contributed by atoms with Crippen molar-refractivity contribution in [1.82, 2.24) is 15.0 Å². The molecule has 2 amide bonds. The second-order valence-electron chi connectivity index (χ2n) is 6.34. The van der Waals surface area contributed by atoms with E-state index in [9.17, 15) is 9.59 Å². The Morgan fingerprint density at radius 2 is 1.67 bits per heavy atom. The second kappa shape index (κ2) is 6.57. The monoisotopic (exact) mass is 358 g/mol. The molecule has 6 heteroatoms. The summed E-state index contributed by atoms with van der Waals surface area (Å²) < 4.78 is 2.07. The third kappa shape index (κ3) is 2.91. The quantitative estimate of drug-likeness (QED) is 0.578. The molecule has 0 bridgehead atoms. The molecular formula is C21H18N4O2. The van der Waals surface area contributed by atoms with Crippen LogP contribution in [0.25, 0.3) is 11.8 Å². The van der Waals surface area contributed by atoms with Gasteiger partial charge in [0.1, 0.15) is 5.57 Å². The van der Waals surface area contributed by atoms with Crippen LogP contribution in [0.3, 0.4) is 0 Å². The van der Waals surface area contributed by atoms with Gasteiger partial charge in [-0.25, -0.2) is 5.01 Å². The van der Waals surface area contributed by atoms with Crippen molar-refractivity contribution < 1.29 is 9.59 Å². The van der Waals surface area contributed by atoms with Gasteiger partial charge in [-0.2, -0.15) is 0 Å². The third-order valence-electron chi connectivity index (χ3n) is 4.60. The molecule has 2 aromatic heterocycles. The molecule has 0 radical (unpaired) electrons. The molecule has 4 rings (SSSR count). The number of nitrogens with one attached hydrogen (secondary N) is 1. The minimum atomic E-state index is -0.405. The van der Waals surface area contributed by atoms with Gasteiger partial charge in [0.2, 0.25) is 0 Å². The number of carbonyl (C=O) groups is 2. The SMILES string of the molecule is Cc1cc(/C=C2/C(=O)NN(c3ccccc3)C2=O)c(C)n1-c1ccncc1. The van der Waals surface area contributed by atoms with Crippen molar-refractivity contribution in [2.75, 3.05) is 5.01 Å². The van der Waals surface area contributed by atoms with E-state index in [0.717, 1.165) is 22.6 Å². The summed E-state index contributed by atoms with van der Waals surface area (Å²) in [5, 5.41) is 1.27. The molecule has 27 heavy (non-hydrogen) atoms. The highest BCUT2D eigenvalue weighted by molar-refractivity contribution is 6.31. The van der Waals surface area contributed by atoms with E-state index < -0.39 is 5.91 Å². The summed E-state index contributed by atoms with van der Waals surface area (Å²) in [6.07, 6.45) is 5.12. The molecule has 1 N–H and O–H groups in total. The van der Waals surface area contributed by atoms with Crippen LogP contribution in [0.5, 0.6) is 0 Å². The molecule has 1 aliphatic rings. The maximum atomic E-state index is 12.8. The molecule has 6 nitrogen and oxygen atoms in total. The Morgan fingerprint density at radius 1 is 0.963 bits per heavy atom. The van der Waals surface area contributed by atoms with Gasteiger partial charge in [-0.3, -0.25) is 20.0 Å². The summed E-state index contributed by atoms with van der Waals surface area (Å²) in [6, 6.07) is 14.8. The first-order valence-corrected chi connectivity index (χ1v) is 8.58. The first kappa shape index (κ1) is 16.8. The van der Waals surface area contributed by atoms with E-state index in [1.807, 2.05) is 50.2 Å². The molecule has 0 aliphatic carbocycles. The highest BCUT2D eigenvalue weighted by atomic mass is 16.2. The standard InChI is InChI=1S/C21H18N4O2/c1-14-12-16(15(2)24(14)17-8-10-22-11-9-17)13-19-20(26)23-25(21(19)27)18-6-4-3-5-7-18/h3-13H,1-2H3,(H,23,26)/b19-13-. The van der Waals surface area contributed by atoms with Crippen molar-refractivity contribution in [1.29, 1.82) is 0 Å². The Morgan fingerprint density at radius 3 is 2.37 bits per heavy atom. The molecule has 1 aromatic carbocycles. The summed E-state index contributed by atoms with van der Waals surface area (Å²) in [5.74, 6) is -0.766. The topological polar surface area (TPSA) is 67.2 Å². The number of para-hydroxylation sites is 1. The van der Waals surface area contributed by atoms with Crippen LogP contribution >= 0.6 is 0 Å². The molecule has 0 unspecified atom stereocenters. The van der Waals surface area contributed by atoms with Crippen LogP contribution in [0.1, 0.15) is 17.0 Å². The molecule has 1 aliphatic heterocycles. The van der Waals surface area contributed by atoms with Crippen molar-refractivity contribution in [3.63, 3.8) is 0 Å². The normalized spacial score (nSPS) is 15.5. The lowest BCUT2D eigenvalue weighted by molar-refractivity contribution is -0.117. The summed E-state index contributed by atoms with van der Waals surface area (Å²) in [6.45, 7) is 3.95. The van der Waals surface area contributed by atoms with Gasteiger partial charge in [0.25, 0.3) is 11.8 Å². The predicted octanol–water partition coefficient (Wildman–Crippen LogP) is 2.95. The molecule has 0 saturated carbocycles. The van der Waals surface area contributed by atoms with Gasteiger partial charge in [-0.05, 0) is 55.8 Å². The Hall–Kier alpha value is -3.67. The summed E-state index contributed by atoms with van der Waals surface area (Å²) in [5.41, 5.74) is 7.14. The van der Waals surface area contributed by atoms with E-state index in [1.165, 1.54) is 5.01 Å². The van der Waals surface area contributed by atoms with Gasteiger partial charge in [-0.1, -0.05) is 18.2 Å². The van der Waals surface area contributed by atoms with E-state index in [-0.39, 0.29) is 11.5 Å². The van der Waals surface area contributed by atoms with E-state index in [0.29, 0.717) is 5.69 Å². The molecule has 134 valence electrons. The summed E-state index contributed by atoms with van der Waals surface area (Å²) >= 11 is 0. The van der Waals surface area contributed by atoms with Gasteiger partial charge in [0, 0.05) is 29.5 Å². The Kier molecular flexibility index (Phi) is 4.08. The maximum absolute atomic E-state index is 12.8. The molecule has 0 spiro atoms. The number of benzene rings is 1. The van der Waals surface area contributed by atoms with Crippen molar-refractivity contribution in [3.8, 4) is 5.69 Å². The van der Waals surface area contributed by atoms with Crippen molar-refractivity contribution >= 4 is 23.6 Å². The molecule has 0 atom stereocenters. The fraction of sp³-hybridized carbons (Fsp3) is 0.0952. The summed E-state index contributed by atoms with van der Waals surface area (Å²) in [4.78, 5) is 29.2. The van der Waals surface area contributed by atoms with Crippen molar-refractivity contribution in [2.24, 2.45) is 0 Å². The number of hydrogen-bond acceptors (Lipinski definition) is 3. The number of pyridine rings is 1. The van der Waals surface area contributed by atoms with Crippen LogP contribution in [0.15, 0.2) is 66.5 Å². The minimum Gasteiger partial charge on any atom is -0.318 e. The highest BCUT2D eigenvalue weighted by Crippen LogP contribution is 2.25. The van der Waals surface area contributed by atoms with Gasteiger partial charge in [-0.15, -0.1) is 0 Å². The van der Waals surface area contributed by atoms with Gasteiger partial charge >= 0.3 is 0 Å². The van der Waals surface area contributed by atoms with Crippen LogP contribution in [0.2, 0.25) is 0 Å². The lowest BCUT2D eigenvalue weighted by atomic mass is 10.1. The molecule has 3 aromatic rings. The lowest BCUT2D eigenvalue weighted by Gasteiger charge is -2.13. The average Bonchev–Trinajstić information content (AvgIpc) is 3.13. The Balaban J connectivity index is 1.72. The maximum Gasteiger partial charge on any atom is 0.282 e. The zero-order valence-corrected chi connectivity index (χ0v) is 15.0. The molecule has 1 fully saturated rings. The van der Waals surface area contributed by atoms with E-state index in [4.69, 9.17) is 0 Å². The molecule has 3 heterocycles. The number of carbonyl (C=O) groups excluding carboxylic acids is 2. The fourth-order valence-electron chi connectivity index (χ4n) is 3.30. The lowest BCUT2D eigenvalue weighted by Crippen LogP contribution is -2.35. The van der Waals surface area contributed by atoms with Crippen LogP contribution in [0.4, 0.5) is 5.69 Å². The van der Waals surface area contributed by atoms with Gasteiger partial charge in [0.05, 0.1) is 5.69 Å². The number of aryl methyl sites for hydroxylation is 1. The van der Waals surface area contributed by atoms with Crippen LogP contribution < -0.4 is 10.4 Å². The first-order valence-electron chi connectivity index (χ1n) is 8.58. The highest BCUT2D eigenvalue weighted by Gasteiger charge is 2.34. The zero-order valence-electron chi connectivity index (χ0n) is 15.0. The third-order valence-corrected chi connectivity index (χ3v) is 4.60. The number of aromatic nitrogens is 2. The largest absolute Gasteiger partial charge is 0.318 e. The Labute approximate surface area is 156 Å². The Bertz CT molecular complexity index is 1050. The fourth-order valence-corrected chi connectivity index (χ4v) is 3.30. The van der Waals surface area contributed by atoms with Crippen LogP contribution in [-0.4, -0.2) is 21.4 Å². The van der Waals surface area contributed by atoms with Gasteiger partial charge < -0.3 is 4.57 Å². The van der Waals surface area contributed by atoms with Gasteiger partial charge in [0.15, 0.2) is 0 Å². The summed E-state index contributed by atoms with van der Waals surface area (Å²) in [7, 11) is 0. The van der Waals surface area contributed by atoms with Crippen LogP contribution in [-0.2, 0) is 9.59 Å². The second-order valence-corrected chi connectivity index (χ2v) is 6.34. The number of nitrogens with zero attached hydrogens (tertiary/aromatic N) is 3. The zero-order chi connectivity index (χ0) is 19.0. The number of rotatable bonds is 3. The van der Waals surface area contributed by atoms with E-state index in [2.05, 4.69) is 15.0 Å². The van der Waals surface area contributed by atoms with Crippen molar-refractivity contribution in [3.05, 3.63) is 83.4 Å². The minimum absolute atomic E-state index is 0.119. The van der Waals surface area contributed by atoms with Crippen molar-refractivity contribution in [2.45, 2.75) is 13.8 Å². The van der Waals surface area contributed by atoms with E-state index >= 15 is 0 Å². The number of hydrogen-bond donors (Lipinski definition) is 1. The smallest absolute Gasteiger partial charge is 0.282 e. The molecular weight excluding hydrogens is 340 g/mol. The van der Waals surface area contributed by atoms with Crippen LogP contribution in [0, 0.1) is 13.8 Å². The molecule has 1 saturated heterocycles. The number of anilines is 1. The first-order chi connectivity index (χ1) is 13.1. The predicted molar refractivity (Wildman–Crippen MR) is 103 cm³/mol. The average molecular weight is 358 g/mol. The van der Waals surface area contributed by atoms with E-state index in [1.54, 1.807) is 30.6 Å².